The van der Waals surface area contributed by atoms with Gasteiger partial charge in [0.15, 0.2) is 0 Å². The second kappa shape index (κ2) is 2.34. The molecule has 0 bridgehead atoms. The molecule has 3 nitrogen and oxygen atoms in total. The number of rotatable bonds is 0. The summed E-state index contributed by atoms with van der Waals surface area (Å²) in [5, 5.41) is 3.18. The lowest BCUT2D eigenvalue weighted by molar-refractivity contribution is -0.115. The van der Waals surface area contributed by atoms with E-state index in [2.05, 4.69) is 5.32 Å². The molecular weight excluding hydrogens is 130 g/mol. The standard InChI is InChI=1S/C7H11NO2/c1-2-7(6-8-3-1)9-4-5-10-7/h1-2,8H,3-6H2. The Balaban J connectivity index is 2.11. The summed E-state index contributed by atoms with van der Waals surface area (Å²) in [6, 6.07) is 0. The zero-order valence-electron chi connectivity index (χ0n) is 5.80. The molecule has 56 valence electrons. The molecule has 2 rings (SSSR count). The van der Waals surface area contributed by atoms with Crippen LogP contribution in [0.1, 0.15) is 0 Å². The van der Waals surface area contributed by atoms with Crippen molar-refractivity contribution in [1.82, 2.24) is 5.32 Å². The van der Waals surface area contributed by atoms with Crippen LogP contribution in [0.15, 0.2) is 12.2 Å². The van der Waals surface area contributed by atoms with Gasteiger partial charge in [-0.3, -0.25) is 0 Å². The number of hydrogen-bond donors (Lipinski definition) is 1. The third-order valence-electron chi connectivity index (χ3n) is 1.78. The van der Waals surface area contributed by atoms with E-state index in [1.165, 1.54) is 0 Å². The predicted octanol–water partition coefficient (Wildman–Crippen LogP) is -0.111. The molecule has 0 amide bonds. The Morgan fingerprint density at radius 3 is 2.70 bits per heavy atom. The molecule has 0 aliphatic carbocycles. The summed E-state index contributed by atoms with van der Waals surface area (Å²) in [4.78, 5) is 0. The highest BCUT2D eigenvalue weighted by Crippen LogP contribution is 2.21. The minimum atomic E-state index is -0.418. The van der Waals surface area contributed by atoms with Gasteiger partial charge in [0, 0.05) is 6.54 Å². The van der Waals surface area contributed by atoms with Crippen LogP contribution in [0.25, 0.3) is 0 Å². The van der Waals surface area contributed by atoms with Crippen molar-refractivity contribution in [3.8, 4) is 0 Å². The van der Waals surface area contributed by atoms with Crippen molar-refractivity contribution >= 4 is 0 Å². The van der Waals surface area contributed by atoms with Gasteiger partial charge in [0.05, 0.1) is 19.8 Å². The molecular formula is C7H11NO2. The van der Waals surface area contributed by atoms with Crippen LogP contribution in [-0.2, 0) is 9.47 Å². The monoisotopic (exact) mass is 141 g/mol. The van der Waals surface area contributed by atoms with Crippen molar-refractivity contribution in [1.29, 1.82) is 0 Å². The van der Waals surface area contributed by atoms with Gasteiger partial charge in [0.1, 0.15) is 0 Å². The van der Waals surface area contributed by atoms with Crippen LogP contribution in [-0.4, -0.2) is 32.1 Å². The van der Waals surface area contributed by atoms with E-state index >= 15 is 0 Å². The zero-order valence-corrected chi connectivity index (χ0v) is 5.80. The Morgan fingerprint density at radius 1 is 1.30 bits per heavy atom. The summed E-state index contributed by atoms with van der Waals surface area (Å²) < 4.78 is 10.8. The van der Waals surface area contributed by atoms with Gasteiger partial charge in [-0.15, -0.1) is 0 Å². The first-order valence-electron chi connectivity index (χ1n) is 3.58. The summed E-state index contributed by atoms with van der Waals surface area (Å²) >= 11 is 0. The van der Waals surface area contributed by atoms with Gasteiger partial charge < -0.3 is 14.8 Å². The Hall–Kier alpha value is -0.380. The molecule has 2 heterocycles. The minimum absolute atomic E-state index is 0.418. The Labute approximate surface area is 60.0 Å². The topological polar surface area (TPSA) is 30.5 Å². The molecule has 2 aliphatic rings. The zero-order chi connectivity index (χ0) is 6.86. The molecule has 0 unspecified atom stereocenters. The van der Waals surface area contributed by atoms with E-state index in [1.54, 1.807) is 0 Å². The van der Waals surface area contributed by atoms with Gasteiger partial charge in [-0.2, -0.15) is 0 Å². The van der Waals surface area contributed by atoms with Gasteiger partial charge >= 0.3 is 0 Å². The summed E-state index contributed by atoms with van der Waals surface area (Å²) in [5.74, 6) is -0.418. The molecule has 1 fully saturated rings. The highest BCUT2D eigenvalue weighted by atomic mass is 16.7. The van der Waals surface area contributed by atoms with Crippen LogP contribution in [0.5, 0.6) is 0 Å². The fourth-order valence-electron chi connectivity index (χ4n) is 1.30. The van der Waals surface area contributed by atoms with Crippen molar-refractivity contribution < 1.29 is 9.47 Å². The van der Waals surface area contributed by atoms with Crippen LogP contribution in [0.2, 0.25) is 0 Å². The average Bonchev–Trinajstić information content (AvgIpc) is 2.39. The Morgan fingerprint density at radius 2 is 2.10 bits per heavy atom. The lowest BCUT2D eigenvalue weighted by atomic mass is 10.2. The Kier molecular flexibility index (Phi) is 1.48. The first kappa shape index (κ1) is 6.34. The quantitative estimate of drug-likeness (QED) is 0.477. The molecule has 10 heavy (non-hydrogen) atoms. The summed E-state index contributed by atoms with van der Waals surface area (Å²) in [5.41, 5.74) is 0. The first-order valence-corrected chi connectivity index (χ1v) is 3.58. The lowest BCUT2D eigenvalue weighted by Gasteiger charge is -2.26. The van der Waals surface area contributed by atoms with Crippen molar-refractivity contribution in [2.75, 3.05) is 26.3 Å². The van der Waals surface area contributed by atoms with Crippen molar-refractivity contribution in [3.63, 3.8) is 0 Å². The SMILES string of the molecule is C1=CC2(CNC1)OCCO2. The van der Waals surface area contributed by atoms with Crippen LogP contribution in [0.3, 0.4) is 0 Å². The second-order valence-electron chi connectivity index (χ2n) is 2.54. The molecule has 0 saturated carbocycles. The molecule has 0 radical (unpaired) electrons. The molecule has 0 atom stereocenters. The largest absolute Gasteiger partial charge is 0.343 e. The maximum Gasteiger partial charge on any atom is 0.200 e. The van der Waals surface area contributed by atoms with Gasteiger partial charge in [0.2, 0.25) is 5.79 Å². The third-order valence-corrected chi connectivity index (χ3v) is 1.78. The molecule has 2 aliphatic heterocycles. The molecule has 0 aromatic heterocycles. The van der Waals surface area contributed by atoms with Gasteiger partial charge in [-0.05, 0) is 6.08 Å². The highest BCUT2D eigenvalue weighted by molar-refractivity contribution is 5.04. The van der Waals surface area contributed by atoms with E-state index in [-0.39, 0.29) is 0 Å². The molecule has 1 spiro atoms. The Bertz CT molecular complexity index is 150. The van der Waals surface area contributed by atoms with Gasteiger partial charge in [-0.25, -0.2) is 0 Å². The van der Waals surface area contributed by atoms with E-state index in [1.807, 2.05) is 12.2 Å². The van der Waals surface area contributed by atoms with E-state index in [9.17, 15) is 0 Å². The second-order valence-corrected chi connectivity index (χ2v) is 2.54. The fourth-order valence-corrected chi connectivity index (χ4v) is 1.30. The average molecular weight is 141 g/mol. The minimum Gasteiger partial charge on any atom is -0.343 e. The highest BCUT2D eigenvalue weighted by Gasteiger charge is 2.34. The molecule has 0 aromatic carbocycles. The van der Waals surface area contributed by atoms with Gasteiger partial charge in [0.25, 0.3) is 0 Å². The number of ether oxygens (including phenoxy) is 2. The van der Waals surface area contributed by atoms with E-state index in [0.29, 0.717) is 13.2 Å². The molecule has 1 saturated heterocycles. The van der Waals surface area contributed by atoms with Crippen LogP contribution in [0.4, 0.5) is 0 Å². The maximum absolute atomic E-state index is 5.41. The summed E-state index contributed by atoms with van der Waals surface area (Å²) in [6.07, 6.45) is 4.03. The molecule has 3 heteroatoms. The summed E-state index contributed by atoms with van der Waals surface area (Å²) in [7, 11) is 0. The smallest absolute Gasteiger partial charge is 0.200 e. The molecule has 1 N–H and O–H groups in total. The molecule has 0 aromatic rings. The predicted molar refractivity (Wildman–Crippen MR) is 36.6 cm³/mol. The fraction of sp³-hybridized carbons (Fsp3) is 0.714. The normalized spacial score (nSPS) is 29.6. The van der Waals surface area contributed by atoms with Crippen molar-refractivity contribution in [3.05, 3.63) is 12.2 Å². The number of hydrogen-bond acceptors (Lipinski definition) is 3. The van der Waals surface area contributed by atoms with E-state index in [4.69, 9.17) is 9.47 Å². The van der Waals surface area contributed by atoms with Crippen molar-refractivity contribution in [2.24, 2.45) is 0 Å². The lowest BCUT2D eigenvalue weighted by Crippen LogP contribution is -2.43. The first-order chi connectivity index (χ1) is 4.91. The van der Waals surface area contributed by atoms with Crippen molar-refractivity contribution in [2.45, 2.75) is 5.79 Å². The maximum atomic E-state index is 5.41. The van der Waals surface area contributed by atoms with Crippen LogP contribution in [0, 0.1) is 0 Å². The van der Waals surface area contributed by atoms with E-state index in [0.717, 1.165) is 13.1 Å². The van der Waals surface area contributed by atoms with E-state index < -0.39 is 5.79 Å². The van der Waals surface area contributed by atoms with Gasteiger partial charge in [-0.1, -0.05) is 6.08 Å². The summed E-state index contributed by atoms with van der Waals surface area (Å²) in [6.45, 7) is 3.13. The van der Waals surface area contributed by atoms with Crippen LogP contribution < -0.4 is 5.32 Å². The third kappa shape index (κ3) is 0.963. The van der Waals surface area contributed by atoms with Crippen LogP contribution >= 0.6 is 0 Å². The number of nitrogens with one attached hydrogen (secondary N) is 1.